The molecule has 0 radical (unpaired) electrons. The predicted molar refractivity (Wildman–Crippen MR) is 117 cm³/mol. The van der Waals surface area contributed by atoms with E-state index in [1.165, 1.54) is 33.5 Å². The second kappa shape index (κ2) is 10.6. The molecule has 0 unspecified atom stereocenters. The first kappa shape index (κ1) is 20.9. The Balaban J connectivity index is 1.58. The average Bonchev–Trinajstić information content (AvgIpc) is 2.72. The second-order valence-corrected chi connectivity index (χ2v) is 7.84. The van der Waals surface area contributed by atoms with E-state index in [-0.39, 0.29) is 18.0 Å². The highest BCUT2D eigenvalue weighted by Crippen LogP contribution is 2.16. The Labute approximate surface area is 175 Å². The van der Waals surface area contributed by atoms with Crippen LogP contribution < -0.4 is 10.9 Å². The molecule has 1 heterocycles. The highest BCUT2D eigenvalue weighted by molar-refractivity contribution is 7.99. The van der Waals surface area contributed by atoms with Crippen LogP contribution in [0.15, 0.2) is 76.7 Å². The SMILES string of the molecule is Cc1cc(=O)n(CC(=O)NCCc2ccccc2)c(SCCc2ccccc2)n1. The minimum absolute atomic E-state index is 0.0193. The smallest absolute Gasteiger partial charge is 0.254 e. The predicted octanol–water partition coefficient (Wildman–Crippen LogP) is 3.25. The summed E-state index contributed by atoms with van der Waals surface area (Å²) in [7, 11) is 0. The first-order chi connectivity index (χ1) is 14.1. The number of carbonyl (C=O) groups is 1. The van der Waals surface area contributed by atoms with Crippen molar-refractivity contribution >= 4 is 17.7 Å². The van der Waals surface area contributed by atoms with Crippen molar-refractivity contribution in [2.24, 2.45) is 0 Å². The van der Waals surface area contributed by atoms with E-state index in [1.807, 2.05) is 48.5 Å². The zero-order chi connectivity index (χ0) is 20.5. The van der Waals surface area contributed by atoms with Crippen LogP contribution in [0.3, 0.4) is 0 Å². The van der Waals surface area contributed by atoms with Gasteiger partial charge in [0.05, 0.1) is 0 Å². The van der Waals surface area contributed by atoms with Gasteiger partial charge in [-0.2, -0.15) is 0 Å². The van der Waals surface area contributed by atoms with E-state index in [4.69, 9.17) is 0 Å². The van der Waals surface area contributed by atoms with Crippen LogP contribution >= 0.6 is 11.8 Å². The maximum absolute atomic E-state index is 12.5. The van der Waals surface area contributed by atoms with Crippen molar-refractivity contribution in [3.8, 4) is 0 Å². The number of nitrogens with zero attached hydrogens (tertiary/aromatic N) is 2. The molecule has 2 aromatic carbocycles. The van der Waals surface area contributed by atoms with Crippen molar-refractivity contribution in [2.45, 2.75) is 31.5 Å². The quantitative estimate of drug-likeness (QED) is 0.437. The van der Waals surface area contributed by atoms with Gasteiger partial charge in [0.15, 0.2) is 5.16 Å². The minimum Gasteiger partial charge on any atom is -0.354 e. The Kier molecular flexibility index (Phi) is 7.64. The molecule has 0 aliphatic carbocycles. The first-order valence-corrected chi connectivity index (χ1v) is 10.7. The molecule has 3 rings (SSSR count). The normalized spacial score (nSPS) is 10.7. The molecule has 150 valence electrons. The summed E-state index contributed by atoms with van der Waals surface area (Å²) in [5, 5.41) is 3.48. The molecule has 0 aliphatic heterocycles. The number of hydrogen-bond acceptors (Lipinski definition) is 4. The second-order valence-electron chi connectivity index (χ2n) is 6.77. The van der Waals surface area contributed by atoms with Gasteiger partial charge >= 0.3 is 0 Å². The van der Waals surface area contributed by atoms with Gasteiger partial charge in [0.1, 0.15) is 6.54 Å². The summed E-state index contributed by atoms with van der Waals surface area (Å²) in [5.74, 6) is 0.605. The van der Waals surface area contributed by atoms with Gasteiger partial charge in [0.25, 0.3) is 5.56 Å². The highest BCUT2D eigenvalue weighted by atomic mass is 32.2. The van der Waals surface area contributed by atoms with Crippen molar-refractivity contribution in [1.82, 2.24) is 14.9 Å². The number of carbonyl (C=O) groups excluding carboxylic acids is 1. The van der Waals surface area contributed by atoms with E-state index in [0.717, 1.165) is 18.6 Å². The van der Waals surface area contributed by atoms with Crippen LogP contribution in [0.25, 0.3) is 0 Å². The number of rotatable bonds is 9. The Morgan fingerprint density at radius 3 is 2.28 bits per heavy atom. The largest absolute Gasteiger partial charge is 0.354 e. The number of thioether (sulfide) groups is 1. The van der Waals surface area contributed by atoms with Gasteiger partial charge in [0, 0.05) is 24.1 Å². The van der Waals surface area contributed by atoms with Crippen molar-refractivity contribution in [2.75, 3.05) is 12.3 Å². The molecular weight excluding hydrogens is 382 g/mol. The monoisotopic (exact) mass is 407 g/mol. The number of amides is 1. The van der Waals surface area contributed by atoms with Gasteiger partial charge in [-0.1, -0.05) is 72.4 Å². The van der Waals surface area contributed by atoms with E-state index in [1.54, 1.807) is 6.92 Å². The van der Waals surface area contributed by atoms with Crippen LogP contribution in [-0.2, 0) is 24.2 Å². The van der Waals surface area contributed by atoms with E-state index in [2.05, 4.69) is 22.4 Å². The molecule has 0 aliphatic rings. The highest BCUT2D eigenvalue weighted by Gasteiger charge is 2.12. The van der Waals surface area contributed by atoms with E-state index < -0.39 is 0 Å². The van der Waals surface area contributed by atoms with Gasteiger partial charge in [-0.3, -0.25) is 14.2 Å². The van der Waals surface area contributed by atoms with Crippen LogP contribution in [-0.4, -0.2) is 27.8 Å². The lowest BCUT2D eigenvalue weighted by Crippen LogP contribution is -2.34. The molecule has 5 nitrogen and oxygen atoms in total. The lowest BCUT2D eigenvalue weighted by molar-refractivity contribution is -0.121. The van der Waals surface area contributed by atoms with Crippen molar-refractivity contribution < 1.29 is 4.79 Å². The Bertz CT molecular complexity index is 988. The molecule has 0 bridgehead atoms. The molecule has 0 spiro atoms. The van der Waals surface area contributed by atoms with Crippen LogP contribution in [0.1, 0.15) is 16.8 Å². The fourth-order valence-electron chi connectivity index (χ4n) is 2.95. The first-order valence-electron chi connectivity index (χ1n) is 9.67. The number of aromatic nitrogens is 2. The summed E-state index contributed by atoms with van der Waals surface area (Å²) < 4.78 is 1.46. The van der Waals surface area contributed by atoms with Gasteiger partial charge in [-0.25, -0.2) is 4.98 Å². The molecule has 1 amide bonds. The molecule has 1 N–H and O–H groups in total. The molecule has 6 heteroatoms. The molecule has 0 saturated carbocycles. The van der Waals surface area contributed by atoms with Gasteiger partial charge in [0.2, 0.25) is 5.91 Å². The fourth-order valence-corrected chi connectivity index (χ4v) is 3.98. The van der Waals surface area contributed by atoms with Crippen LogP contribution in [0, 0.1) is 6.92 Å². The Morgan fingerprint density at radius 1 is 1.00 bits per heavy atom. The molecular formula is C23H25N3O2S. The lowest BCUT2D eigenvalue weighted by atomic mass is 10.1. The number of benzene rings is 2. The third-order valence-corrected chi connectivity index (χ3v) is 5.42. The van der Waals surface area contributed by atoms with Gasteiger partial charge < -0.3 is 5.32 Å². The van der Waals surface area contributed by atoms with Gasteiger partial charge in [-0.15, -0.1) is 0 Å². The molecule has 0 saturated heterocycles. The van der Waals surface area contributed by atoms with E-state index in [0.29, 0.717) is 17.4 Å². The zero-order valence-corrected chi connectivity index (χ0v) is 17.3. The van der Waals surface area contributed by atoms with E-state index in [9.17, 15) is 9.59 Å². The topological polar surface area (TPSA) is 64.0 Å². The lowest BCUT2D eigenvalue weighted by Gasteiger charge is -2.12. The molecule has 0 atom stereocenters. The number of hydrogen-bond donors (Lipinski definition) is 1. The molecule has 3 aromatic rings. The summed E-state index contributed by atoms with van der Waals surface area (Å²) in [5.41, 5.74) is 2.87. The third-order valence-electron chi connectivity index (χ3n) is 4.45. The minimum atomic E-state index is -0.196. The van der Waals surface area contributed by atoms with E-state index >= 15 is 0 Å². The third kappa shape index (κ3) is 6.61. The summed E-state index contributed by atoms with van der Waals surface area (Å²) in [4.78, 5) is 29.3. The summed E-state index contributed by atoms with van der Waals surface area (Å²) in [6, 6.07) is 21.6. The number of nitrogens with one attached hydrogen (secondary N) is 1. The summed E-state index contributed by atoms with van der Waals surface area (Å²) in [6.07, 6.45) is 1.63. The van der Waals surface area contributed by atoms with Crippen molar-refractivity contribution in [3.05, 3.63) is 93.9 Å². The van der Waals surface area contributed by atoms with Crippen molar-refractivity contribution in [1.29, 1.82) is 0 Å². The standard InChI is InChI=1S/C23H25N3O2S/c1-18-16-22(28)26(17-21(27)24-14-12-19-8-4-2-5-9-19)23(25-18)29-15-13-20-10-6-3-7-11-20/h2-11,16H,12-15,17H2,1H3,(H,24,27). The maximum atomic E-state index is 12.5. The molecule has 1 aromatic heterocycles. The number of aryl methyl sites for hydroxylation is 2. The summed E-state index contributed by atoms with van der Waals surface area (Å²) >= 11 is 1.50. The Hall–Kier alpha value is -2.86. The molecule has 0 fully saturated rings. The van der Waals surface area contributed by atoms with Crippen LogP contribution in [0.2, 0.25) is 0 Å². The van der Waals surface area contributed by atoms with Crippen LogP contribution in [0.5, 0.6) is 0 Å². The molecule has 29 heavy (non-hydrogen) atoms. The van der Waals surface area contributed by atoms with Gasteiger partial charge in [-0.05, 0) is 30.9 Å². The van der Waals surface area contributed by atoms with Crippen molar-refractivity contribution in [3.63, 3.8) is 0 Å². The fraction of sp³-hybridized carbons (Fsp3) is 0.261. The maximum Gasteiger partial charge on any atom is 0.254 e. The van der Waals surface area contributed by atoms with Crippen LogP contribution in [0.4, 0.5) is 0 Å². The zero-order valence-electron chi connectivity index (χ0n) is 16.5. The average molecular weight is 408 g/mol. The Morgan fingerprint density at radius 2 is 1.62 bits per heavy atom. The summed E-state index contributed by atoms with van der Waals surface area (Å²) in [6.45, 7) is 2.31.